The van der Waals surface area contributed by atoms with Crippen molar-refractivity contribution in [1.29, 1.82) is 0 Å². The summed E-state index contributed by atoms with van der Waals surface area (Å²) in [6.45, 7) is 0. The summed E-state index contributed by atoms with van der Waals surface area (Å²) >= 11 is 0. The van der Waals surface area contributed by atoms with E-state index in [1.807, 2.05) is 0 Å². The van der Waals surface area contributed by atoms with Crippen LogP contribution >= 0.6 is 0 Å². The van der Waals surface area contributed by atoms with Gasteiger partial charge in [0.05, 0.1) is 16.4 Å². The Morgan fingerprint density at radius 1 is 0.313 bits per heavy atom. The topological polar surface area (TPSA) is 8.17 Å². The van der Waals surface area contributed by atoms with Gasteiger partial charge in [0.25, 0.3) is 0 Å². The molecule has 2 aliphatic rings. The number of nitrogens with zero attached hydrogens (tertiary/aromatic N) is 2. The molecule has 0 saturated carbocycles. The Balaban J connectivity index is 1.07. The third kappa shape index (κ3) is 5.45. The van der Waals surface area contributed by atoms with Gasteiger partial charge in [-0.1, -0.05) is 200 Å². The average molecular weight is 851 g/mol. The first-order valence-corrected chi connectivity index (χ1v) is 23.3. The molecule has 0 bridgehead atoms. The maximum Gasteiger partial charge on any atom is 0.0726 e. The smallest absolute Gasteiger partial charge is 0.0726 e. The zero-order valence-electron chi connectivity index (χ0n) is 36.6. The second-order valence-corrected chi connectivity index (χ2v) is 18.0. The summed E-state index contributed by atoms with van der Waals surface area (Å²) in [5.41, 5.74) is 21.4. The third-order valence-electron chi connectivity index (χ3n) is 14.6. The monoisotopic (exact) mass is 850 g/mol. The first-order chi connectivity index (χ1) is 33.3. The molecule has 14 rings (SSSR count). The highest BCUT2D eigenvalue weighted by atomic mass is 15.1. The van der Waals surface area contributed by atoms with E-state index in [9.17, 15) is 0 Å². The molecule has 12 aromatic rings. The van der Waals surface area contributed by atoms with Crippen LogP contribution in [0.5, 0.6) is 0 Å². The zero-order valence-corrected chi connectivity index (χ0v) is 36.6. The molecular weight excluding hydrogens is 809 g/mol. The average Bonchev–Trinajstić information content (AvgIpc) is 3.89. The van der Waals surface area contributed by atoms with Gasteiger partial charge in [-0.25, -0.2) is 0 Å². The molecule has 312 valence electrons. The van der Waals surface area contributed by atoms with Crippen LogP contribution < -0.4 is 4.90 Å². The Morgan fingerprint density at radius 3 is 1.70 bits per heavy atom. The van der Waals surface area contributed by atoms with Crippen LogP contribution in [0.1, 0.15) is 22.3 Å². The largest absolute Gasteiger partial charge is 0.310 e. The predicted octanol–water partition coefficient (Wildman–Crippen LogP) is 17.1. The fraction of sp³-hybridized carbons (Fsp3) is 0.0154. The minimum Gasteiger partial charge on any atom is -0.310 e. The molecule has 0 amide bonds. The quantitative estimate of drug-likeness (QED) is 0.162. The second-order valence-electron chi connectivity index (χ2n) is 18.0. The molecule has 0 fully saturated rings. The van der Waals surface area contributed by atoms with Crippen molar-refractivity contribution in [3.8, 4) is 50.2 Å². The van der Waals surface area contributed by atoms with Crippen molar-refractivity contribution in [3.63, 3.8) is 0 Å². The van der Waals surface area contributed by atoms with E-state index in [4.69, 9.17) is 0 Å². The molecular formula is C65H42N2. The Morgan fingerprint density at radius 2 is 0.881 bits per heavy atom. The van der Waals surface area contributed by atoms with Gasteiger partial charge in [0.2, 0.25) is 0 Å². The van der Waals surface area contributed by atoms with Gasteiger partial charge in [-0.3, -0.25) is 0 Å². The van der Waals surface area contributed by atoms with Gasteiger partial charge >= 0.3 is 0 Å². The summed E-state index contributed by atoms with van der Waals surface area (Å²) in [5.74, 6) is 0. The highest BCUT2D eigenvalue weighted by molar-refractivity contribution is 6.11. The number of fused-ring (bicyclic) bond motifs is 12. The molecule has 67 heavy (non-hydrogen) atoms. The predicted molar refractivity (Wildman–Crippen MR) is 280 cm³/mol. The lowest BCUT2D eigenvalue weighted by atomic mass is 9.61. The summed E-state index contributed by atoms with van der Waals surface area (Å²) in [6.07, 6.45) is 0. The number of benzene rings is 11. The number of aromatic nitrogens is 1. The van der Waals surface area contributed by atoms with E-state index in [0.717, 1.165) is 28.3 Å². The standard InChI is InChI=1S/C65H42N2/c1-4-17-43(18-5-1)44-33-35-48(36-34-44)66(50-37-39-54-53-26-11-13-32-61(53)67(62(54)42-50)47-23-8-3-9-24-47)49-38-40-56-60(41-49)65(59-31-16-27-51(64(56)59)45-19-6-2-7-20-45)57-29-12-10-25-52(57)55-28-14-21-46-22-15-30-58(65)63(46)55/h1-42H. The molecule has 0 aliphatic heterocycles. The summed E-state index contributed by atoms with van der Waals surface area (Å²) in [7, 11) is 0. The Labute approximate surface area is 389 Å². The highest BCUT2D eigenvalue weighted by Crippen LogP contribution is 2.64. The number of rotatable bonds is 6. The molecule has 0 radical (unpaired) electrons. The van der Waals surface area contributed by atoms with E-state index in [-0.39, 0.29) is 0 Å². The van der Waals surface area contributed by atoms with E-state index in [1.54, 1.807) is 0 Å². The van der Waals surface area contributed by atoms with Gasteiger partial charge in [0.15, 0.2) is 0 Å². The minimum absolute atomic E-state index is 0.595. The number of hydrogen-bond donors (Lipinski definition) is 0. The fourth-order valence-corrected chi connectivity index (χ4v) is 11.8. The third-order valence-corrected chi connectivity index (χ3v) is 14.6. The van der Waals surface area contributed by atoms with Crippen LogP contribution in [0.25, 0.3) is 82.8 Å². The van der Waals surface area contributed by atoms with Gasteiger partial charge in [0.1, 0.15) is 0 Å². The second kappa shape index (κ2) is 14.7. The number of para-hydroxylation sites is 2. The SMILES string of the molecule is c1ccc(-c2ccc(N(c3ccc4c(c3)C3(c5ccccc5-c5cccc6cccc3c56)c3cccc(-c5ccccc5)c3-4)c3ccc4c5ccccc5n(-c5ccccc5)c4c3)cc2)cc1. The van der Waals surface area contributed by atoms with Crippen LogP contribution in [-0.4, -0.2) is 4.57 Å². The van der Waals surface area contributed by atoms with E-state index < -0.39 is 5.41 Å². The molecule has 1 unspecified atom stereocenters. The van der Waals surface area contributed by atoms with Crippen molar-refractivity contribution in [2.45, 2.75) is 5.41 Å². The van der Waals surface area contributed by atoms with Crippen LogP contribution in [0, 0.1) is 0 Å². The first kappa shape index (κ1) is 37.6. The first-order valence-electron chi connectivity index (χ1n) is 23.3. The minimum atomic E-state index is -0.595. The van der Waals surface area contributed by atoms with Crippen molar-refractivity contribution < 1.29 is 0 Å². The summed E-state index contributed by atoms with van der Waals surface area (Å²) in [4.78, 5) is 2.47. The van der Waals surface area contributed by atoms with Gasteiger partial charge in [-0.15, -0.1) is 0 Å². The number of hydrogen-bond acceptors (Lipinski definition) is 1. The maximum absolute atomic E-state index is 2.52. The van der Waals surface area contributed by atoms with Crippen LogP contribution in [0.15, 0.2) is 255 Å². The molecule has 2 aliphatic carbocycles. The molecule has 0 N–H and O–H groups in total. The van der Waals surface area contributed by atoms with Gasteiger partial charge < -0.3 is 9.47 Å². The molecule has 1 spiro atoms. The van der Waals surface area contributed by atoms with Gasteiger partial charge in [-0.05, 0) is 132 Å². The van der Waals surface area contributed by atoms with Crippen molar-refractivity contribution in [3.05, 3.63) is 277 Å². The molecule has 11 aromatic carbocycles. The summed E-state index contributed by atoms with van der Waals surface area (Å²) in [5, 5.41) is 5.05. The lowest BCUT2D eigenvalue weighted by Gasteiger charge is -2.40. The molecule has 2 nitrogen and oxygen atoms in total. The van der Waals surface area contributed by atoms with Crippen molar-refractivity contribution >= 4 is 49.6 Å². The number of anilines is 3. The van der Waals surface area contributed by atoms with Crippen LogP contribution in [0.2, 0.25) is 0 Å². The Bertz CT molecular complexity index is 3900. The lowest BCUT2D eigenvalue weighted by molar-refractivity contribution is 0.773. The van der Waals surface area contributed by atoms with E-state index >= 15 is 0 Å². The van der Waals surface area contributed by atoms with Crippen LogP contribution in [0.3, 0.4) is 0 Å². The highest BCUT2D eigenvalue weighted by Gasteiger charge is 2.51. The Hall–Kier alpha value is -8.72. The van der Waals surface area contributed by atoms with Crippen molar-refractivity contribution in [2.24, 2.45) is 0 Å². The molecule has 2 heteroatoms. The molecule has 0 saturated heterocycles. The Kier molecular flexibility index (Phi) is 8.23. The van der Waals surface area contributed by atoms with E-state index in [2.05, 4.69) is 264 Å². The normalized spacial score (nSPS) is 14.3. The molecule has 1 aromatic heterocycles. The fourth-order valence-electron chi connectivity index (χ4n) is 11.8. The van der Waals surface area contributed by atoms with Gasteiger partial charge in [0, 0.05) is 33.5 Å². The maximum atomic E-state index is 2.52. The van der Waals surface area contributed by atoms with Crippen molar-refractivity contribution in [2.75, 3.05) is 4.90 Å². The van der Waals surface area contributed by atoms with Crippen LogP contribution in [-0.2, 0) is 5.41 Å². The van der Waals surface area contributed by atoms with Crippen molar-refractivity contribution in [1.82, 2.24) is 4.57 Å². The molecule has 1 atom stereocenters. The molecule has 1 heterocycles. The van der Waals surface area contributed by atoms with Crippen LogP contribution in [0.4, 0.5) is 17.1 Å². The summed E-state index contributed by atoms with van der Waals surface area (Å²) < 4.78 is 2.42. The van der Waals surface area contributed by atoms with E-state index in [0.29, 0.717) is 0 Å². The van der Waals surface area contributed by atoms with E-state index in [1.165, 1.54) is 93.8 Å². The lowest BCUT2D eigenvalue weighted by Crippen LogP contribution is -2.32. The zero-order chi connectivity index (χ0) is 44.1. The van der Waals surface area contributed by atoms with Gasteiger partial charge in [-0.2, -0.15) is 0 Å². The summed E-state index contributed by atoms with van der Waals surface area (Å²) in [6, 6.07) is 94.5.